The summed E-state index contributed by atoms with van der Waals surface area (Å²) in [6.07, 6.45) is -0.0918. The summed E-state index contributed by atoms with van der Waals surface area (Å²) in [5, 5.41) is 0. The fourth-order valence-corrected chi connectivity index (χ4v) is 2.80. The van der Waals surface area contributed by atoms with Gasteiger partial charge in [0.15, 0.2) is 0 Å². The Kier molecular flexibility index (Phi) is 2.14. The molecule has 2 N–H and O–H groups in total. The number of allylic oxidation sites excluding steroid dienone is 1. The zero-order valence-electron chi connectivity index (χ0n) is 8.98. The van der Waals surface area contributed by atoms with Crippen molar-refractivity contribution in [3.63, 3.8) is 0 Å². The SMILES string of the molecule is N[C@@H]1C2C=C[C@@H]2[C@H]1c1ccc(C(F)(F)F)cc1. The maximum Gasteiger partial charge on any atom is 0.416 e. The average molecular weight is 239 g/mol. The fourth-order valence-electron chi connectivity index (χ4n) is 2.80. The first-order valence-electron chi connectivity index (χ1n) is 5.59. The highest BCUT2D eigenvalue weighted by Crippen LogP contribution is 2.53. The van der Waals surface area contributed by atoms with Crippen molar-refractivity contribution in [1.29, 1.82) is 0 Å². The summed E-state index contributed by atoms with van der Waals surface area (Å²) in [6.45, 7) is 0. The van der Waals surface area contributed by atoms with Crippen LogP contribution in [-0.2, 0) is 6.18 Å². The van der Waals surface area contributed by atoms with Crippen LogP contribution in [0.15, 0.2) is 36.4 Å². The van der Waals surface area contributed by atoms with E-state index >= 15 is 0 Å². The first-order valence-corrected chi connectivity index (χ1v) is 5.59. The Morgan fingerprint density at radius 3 is 1.94 bits per heavy atom. The summed E-state index contributed by atoms with van der Waals surface area (Å²) >= 11 is 0. The molecule has 1 aromatic rings. The van der Waals surface area contributed by atoms with E-state index in [1.54, 1.807) is 12.1 Å². The fraction of sp³-hybridized carbons (Fsp3) is 0.385. The monoisotopic (exact) mass is 239 g/mol. The van der Waals surface area contributed by atoms with Crippen LogP contribution >= 0.6 is 0 Å². The number of hydrogen-bond donors (Lipinski definition) is 1. The molecule has 0 aromatic heterocycles. The molecule has 0 aliphatic heterocycles. The van der Waals surface area contributed by atoms with Crippen LogP contribution in [0.4, 0.5) is 13.2 Å². The van der Waals surface area contributed by atoms with E-state index in [1.807, 2.05) is 0 Å². The lowest BCUT2D eigenvalue weighted by Crippen LogP contribution is -2.56. The van der Waals surface area contributed by atoms with Crippen molar-refractivity contribution < 1.29 is 13.2 Å². The normalized spacial score (nSPS) is 34.8. The molecule has 3 rings (SSSR count). The lowest BCUT2D eigenvalue weighted by molar-refractivity contribution is -0.137. The van der Waals surface area contributed by atoms with Crippen molar-refractivity contribution in [3.8, 4) is 0 Å². The molecule has 1 aromatic carbocycles. The number of hydrogen-bond acceptors (Lipinski definition) is 1. The van der Waals surface area contributed by atoms with Crippen molar-refractivity contribution >= 4 is 0 Å². The van der Waals surface area contributed by atoms with Gasteiger partial charge in [-0.05, 0) is 29.5 Å². The Morgan fingerprint density at radius 2 is 1.53 bits per heavy atom. The van der Waals surface area contributed by atoms with E-state index in [4.69, 9.17) is 5.73 Å². The van der Waals surface area contributed by atoms with Crippen molar-refractivity contribution in [1.82, 2.24) is 0 Å². The van der Waals surface area contributed by atoms with Gasteiger partial charge in [-0.1, -0.05) is 24.3 Å². The number of fused-ring (bicyclic) bond motifs is 1. The molecule has 2 aliphatic carbocycles. The molecule has 1 unspecified atom stereocenters. The van der Waals surface area contributed by atoms with Crippen LogP contribution in [0.3, 0.4) is 0 Å². The molecule has 0 heterocycles. The predicted molar refractivity (Wildman–Crippen MR) is 58.3 cm³/mol. The van der Waals surface area contributed by atoms with Crippen molar-refractivity contribution in [2.24, 2.45) is 17.6 Å². The zero-order chi connectivity index (χ0) is 12.2. The highest BCUT2D eigenvalue weighted by atomic mass is 19.4. The van der Waals surface area contributed by atoms with Crippen molar-refractivity contribution in [2.75, 3.05) is 0 Å². The second kappa shape index (κ2) is 3.35. The number of rotatable bonds is 1. The molecule has 0 amide bonds. The molecular weight excluding hydrogens is 227 g/mol. The second-order valence-corrected chi connectivity index (χ2v) is 4.76. The molecular formula is C13H12F3N. The smallest absolute Gasteiger partial charge is 0.327 e. The van der Waals surface area contributed by atoms with E-state index in [0.29, 0.717) is 11.8 Å². The zero-order valence-corrected chi connectivity index (χ0v) is 8.98. The molecule has 17 heavy (non-hydrogen) atoms. The lowest BCUT2D eigenvalue weighted by Gasteiger charge is -2.53. The molecule has 4 atom stereocenters. The van der Waals surface area contributed by atoms with E-state index in [-0.39, 0.29) is 12.0 Å². The third-order valence-electron chi connectivity index (χ3n) is 3.90. The Labute approximate surface area is 97.1 Å². The highest BCUT2D eigenvalue weighted by Gasteiger charge is 2.50. The lowest BCUT2D eigenvalue weighted by atomic mass is 9.53. The maximum atomic E-state index is 12.4. The quantitative estimate of drug-likeness (QED) is 0.749. The summed E-state index contributed by atoms with van der Waals surface area (Å²) < 4.78 is 37.2. The molecule has 1 fully saturated rings. The summed E-state index contributed by atoms with van der Waals surface area (Å²) in [5.41, 5.74) is 6.30. The first-order chi connectivity index (χ1) is 7.98. The van der Waals surface area contributed by atoms with Crippen molar-refractivity contribution in [3.05, 3.63) is 47.5 Å². The Hall–Kier alpha value is -1.29. The molecule has 0 saturated heterocycles. The van der Waals surface area contributed by atoms with Crippen LogP contribution < -0.4 is 5.73 Å². The van der Waals surface area contributed by atoms with Crippen LogP contribution in [0.5, 0.6) is 0 Å². The molecule has 4 heteroatoms. The topological polar surface area (TPSA) is 26.0 Å². The summed E-state index contributed by atoms with van der Waals surface area (Å²) in [4.78, 5) is 0. The summed E-state index contributed by atoms with van der Waals surface area (Å²) in [7, 11) is 0. The number of alkyl halides is 3. The van der Waals surface area contributed by atoms with Gasteiger partial charge in [-0.2, -0.15) is 13.2 Å². The molecule has 1 nitrogen and oxygen atoms in total. The van der Waals surface area contributed by atoms with Gasteiger partial charge in [-0.15, -0.1) is 0 Å². The minimum absolute atomic E-state index is 0.0572. The third kappa shape index (κ3) is 1.51. The molecule has 0 bridgehead atoms. The van der Waals surface area contributed by atoms with E-state index in [2.05, 4.69) is 12.2 Å². The Balaban J connectivity index is 1.84. The molecule has 90 valence electrons. The van der Waals surface area contributed by atoms with E-state index in [1.165, 1.54) is 0 Å². The van der Waals surface area contributed by atoms with Crippen LogP contribution in [0.25, 0.3) is 0 Å². The average Bonchev–Trinajstić information content (AvgIpc) is 2.23. The largest absolute Gasteiger partial charge is 0.416 e. The molecule has 0 spiro atoms. The van der Waals surface area contributed by atoms with Gasteiger partial charge in [0.1, 0.15) is 0 Å². The number of halogens is 3. The molecule has 2 aliphatic rings. The van der Waals surface area contributed by atoms with Crippen LogP contribution in [0.2, 0.25) is 0 Å². The van der Waals surface area contributed by atoms with Crippen LogP contribution in [0, 0.1) is 11.8 Å². The van der Waals surface area contributed by atoms with Gasteiger partial charge in [0.05, 0.1) is 5.56 Å². The van der Waals surface area contributed by atoms with Gasteiger partial charge in [0.25, 0.3) is 0 Å². The van der Waals surface area contributed by atoms with E-state index < -0.39 is 11.7 Å². The standard InChI is InChI=1S/C13H12F3N/c14-13(15,16)8-3-1-7(2-4-8)11-9-5-6-10(9)12(11)17/h1-6,9-12H,17H2/t9-,10?,11+,12+/m0/s1. The van der Waals surface area contributed by atoms with E-state index in [0.717, 1.165) is 17.7 Å². The van der Waals surface area contributed by atoms with Crippen molar-refractivity contribution in [2.45, 2.75) is 18.1 Å². The predicted octanol–water partition coefficient (Wildman–Crippen LogP) is 2.93. The van der Waals surface area contributed by atoms with Gasteiger partial charge in [-0.25, -0.2) is 0 Å². The van der Waals surface area contributed by atoms with Gasteiger partial charge < -0.3 is 5.73 Å². The van der Waals surface area contributed by atoms with Gasteiger partial charge in [0.2, 0.25) is 0 Å². The maximum absolute atomic E-state index is 12.4. The number of benzene rings is 1. The van der Waals surface area contributed by atoms with Gasteiger partial charge in [0, 0.05) is 12.0 Å². The molecule has 0 radical (unpaired) electrons. The number of nitrogens with two attached hydrogens (primary N) is 1. The molecule has 1 saturated carbocycles. The Morgan fingerprint density at radius 1 is 0.941 bits per heavy atom. The van der Waals surface area contributed by atoms with Crippen LogP contribution in [-0.4, -0.2) is 6.04 Å². The second-order valence-electron chi connectivity index (χ2n) is 4.76. The van der Waals surface area contributed by atoms with Gasteiger partial charge >= 0.3 is 6.18 Å². The van der Waals surface area contributed by atoms with Gasteiger partial charge in [-0.3, -0.25) is 0 Å². The van der Waals surface area contributed by atoms with Crippen LogP contribution in [0.1, 0.15) is 17.0 Å². The Bertz CT molecular complexity index is 461. The minimum atomic E-state index is -4.26. The first kappa shape index (κ1) is 10.8. The third-order valence-corrected chi connectivity index (χ3v) is 3.90. The minimum Gasteiger partial charge on any atom is -0.327 e. The highest BCUT2D eigenvalue weighted by molar-refractivity contribution is 5.37. The summed E-state index contributed by atoms with van der Waals surface area (Å²) in [5.74, 6) is 1.05. The summed E-state index contributed by atoms with van der Waals surface area (Å²) in [6, 6.07) is 5.43. The van der Waals surface area contributed by atoms with E-state index in [9.17, 15) is 13.2 Å².